The Bertz CT molecular complexity index is 1120. The number of nitrogens with zero attached hydrogens (tertiary/aromatic N) is 5. The number of aryl methyl sites for hydroxylation is 1. The van der Waals surface area contributed by atoms with Crippen LogP contribution in [0.2, 0.25) is 0 Å². The van der Waals surface area contributed by atoms with Gasteiger partial charge in [-0.3, -0.25) is 18.8 Å². The second-order valence-corrected chi connectivity index (χ2v) is 8.30. The van der Waals surface area contributed by atoms with Crippen LogP contribution in [-0.2, 0) is 13.6 Å². The summed E-state index contributed by atoms with van der Waals surface area (Å²) in [6.07, 6.45) is 5.76. The van der Waals surface area contributed by atoms with E-state index in [4.69, 9.17) is 0 Å². The molecule has 1 saturated heterocycles. The van der Waals surface area contributed by atoms with Gasteiger partial charge in [0.15, 0.2) is 5.69 Å². The van der Waals surface area contributed by atoms with Crippen molar-refractivity contribution in [1.82, 2.24) is 24.2 Å². The first-order valence-corrected chi connectivity index (χ1v) is 10.4. The highest BCUT2D eigenvalue weighted by atomic mass is 16.2. The molecule has 1 amide bonds. The summed E-state index contributed by atoms with van der Waals surface area (Å²) >= 11 is 0. The Morgan fingerprint density at radius 2 is 1.90 bits per heavy atom. The molecule has 29 heavy (non-hydrogen) atoms. The molecule has 7 nitrogen and oxygen atoms in total. The molecule has 1 saturated carbocycles. The molecule has 7 heteroatoms. The van der Waals surface area contributed by atoms with Crippen molar-refractivity contribution in [2.75, 3.05) is 13.1 Å². The van der Waals surface area contributed by atoms with E-state index in [0.717, 1.165) is 42.3 Å². The van der Waals surface area contributed by atoms with Gasteiger partial charge in [-0.05, 0) is 37.7 Å². The van der Waals surface area contributed by atoms with E-state index in [1.165, 1.54) is 0 Å². The standard InChI is InChI=1S/C22H25N5O2/c1-25-19-5-3-2-4-17(19)21(24-25)22(29)26-10-8-15(9-11-26)13-27-14-23-18(12-20(27)28)16-6-7-16/h2-5,12,14-16H,6-11,13H2,1H3. The van der Waals surface area contributed by atoms with Gasteiger partial charge < -0.3 is 4.90 Å². The Morgan fingerprint density at radius 3 is 2.62 bits per heavy atom. The van der Waals surface area contributed by atoms with Crippen molar-refractivity contribution in [1.29, 1.82) is 0 Å². The third-order valence-electron chi connectivity index (χ3n) is 6.21. The number of fused-ring (bicyclic) bond motifs is 1. The molecule has 0 radical (unpaired) electrons. The predicted molar refractivity (Wildman–Crippen MR) is 110 cm³/mol. The fourth-order valence-electron chi connectivity index (χ4n) is 4.30. The summed E-state index contributed by atoms with van der Waals surface area (Å²) in [5, 5.41) is 5.36. The van der Waals surface area contributed by atoms with Crippen LogP contribution >= 0.6 is 0 Å². The maximum absolute atomic E-state index is 13.0. The second-order valence-electron chi connectivity index (χ2n) is 8.30. The summed E-state index contributed by atoms with van der Waals surface area (Å²) in [6, 6.07) is 9.52. The first kappa shape index (κ1) is 18.1. The van der Waals surface area contributed by atoms with Gasteiger partial charge in [0.1, 0.15) is 0 Å². The molecule has 0 spiro atoms. The fraction of sp³-hybridized carbons (Fsp3) is 0.455. The van der Waals surface area contributed by atoms with Crippen molar-refractivity contribution in [3.63, 3.8) is 0 Å². The number of amides is 1. The predicted octanol–water partition coefficient (Wildman–Crippen LogP) is 2.56. The maximum atomic E-state index is 13.0. The van der Waals surface area contributed by atoms with Gasteiger partial charge in [-0.1, -0.05) is 18.2 Å². The van der Waals surface area contributed by atoms with Gasteiger partial charge in [0.25, 0.3) is 11.5 Å². The van der Waals surface area contributed by atoms with Crippen molar-refractivity contribution in [3.05, 3.63) is 58.4 Å². The van der Waals surface area contributed by atoms with Crippen LogP contribution in [0.5, 0.6) is 0 Å². The molecular formula is C22H25N5O2. The van der Waals surface area contributed by atoms with E-state index in [1.807, 2.05) is 36.2 Å². The third-order valence-corrected chi connectivity index (χ3v) is 6.21. The lowest BCUT2D eigenvalue weighted by Gasteiger charge is -2.31. The molecule has 0 atom stereocenters. The normalized spacial score (nSPS) is 17.8. The summed E-state index contributed by atoms with van der Waals surface area (Å²) in [5.74, 6) is 0.868. The van der Waals surface area contributed by atoms with Gasteiger partial charge in [0, 0.05) is 44.1 Å². The van der Waals surface area contributed by atoms with Crippen LogP contribution in [0.25, 0.3) is 10.9 Å². The number of para-hydroxylation sites is 1. The number of hydrogen-bond acceptors (Lipinski definition) is 4. The minimum absolute atomic E-state index is 0.00660. The van der Waals surface area contributed by atoms with Crippen molar-refractivity contribution in [3.8, 4) is 0 Å². The fourth-order valence-corrected chi connectivity index (χ4v) is 4.30. The summed E-state index contributed by atoms with van der Waals surface area (Å²) in [6.45, 7) is 2.05. The summed E-state index contributed by atoms with van der Waals surface area (Å²) < 4.78 is 3.49. The van der Waals surface area contributed by atoms with Crippen LogP contribution in [0.4, 0.5) is 0 Å². The zero-order chi connectivity index (χ0) is 20.0. The molecule has 0 bridgehead atoms. The van der Waals surface area contributed by atoms with Gasteiger partial charge >= 0.3 is 0 Å². The van der Waals surface area contributed by atoms with E-state index in [1.54, 1.807) is 21.6 Å². The Balaban J connectivity index is 1.24. The molecule has 3 heterocycles. The number of benzene rings is 1. The average Bonchev–Trinajstić information content (AvgIpc) is 3.54. The summed E-state index contributed by atoms with van der Waals surface area (Å²) in [4.78, 5) is 31.8. The molecule has 0 unspecified atom stereocenters. The van der Waals surface area contributed by atoms with E-state index in [9.17, 15) is 9.59 Å². The molecule has 1 aliphatic carbocycles. The van der Waals surface area contributed by atoms with Gasteiger partial charge in [-0.25, -0.2) is 4.98 Å². The van der Waals surface area contributed by atoms with Crippen LogP contribution in [0.15, 0.2) is 41.5 Å². The lowest BCUT2D eigenvalue weighted by atomic mass is 9.96. The van der Waals surface area contributed by atoms with Crippen LogP contribution < -0.4 is 5.56 Å². The zero-order valence-electron chi connectivity index (χ0n) is 16.6. The molecule has 5 rings (SSSR count). The largest absolute Gasteiger partial charge is 0.337 e. The number of aromatic nitrogens is 4. The Hall–Kier alpha value is -2.96. The first-order chi connectivity index (χ1) is 14.1. The van der Waals surface area contributed by atoms with E-state index < -0.39 is 0 Å². The number of hydrogen-bond donors (Lipinski definition) is 0. The Kier molecular flexibility index (Phi) is 4.45. The maximum Gasteiger partial charge on any atom is 0.275 e. The van der Waals surface area contributed by atoms with Gasteiger partial charge in [0.2, 0.25) is 0 Å². The number of piperidine rings is 1. The SMILES string of the molecule is Cn1nc(C(=O)N2CCC(Cn3cnc(C4CC4)cc3=O)CC2)c2ccccc21. The highest BCUT2D eigenvalue weighted by molar-refractivity contribution is 6.04. The van der Waals surface area contributed by atoms with E-state index in [-0.39, 0.29) is 11.5 Å². The van der Waals surface area contributed by atoms with Crippen LogP contribution in [0, 0.1) is 5.92 Å². The van der Waals surface area contributed by atoms with Gasteiger partial charge in [0.05, 0.1) is 17.5 Å². The lowest BCUT2D eigenvalue weighted by Crippen LogP contribution is -2.40. The molecule has 2 fully saturated rings. The molecule has 1 aliphatic heterocycles. The molecule has 2 aliphatic rings. The number of rotatable bonds is 4. The van der Waals surface area contributed by atoms with Crippen LogP contribution in [-0.4, -0.2) is 43.2 Å². The van der Waals surface area contributed by atoms with Crippen molar-refractivity contribution < 1.29 is 4.79 Å². The van der Waals surface area contributed by atoms with E-state index in [0.29, 0.717) is 37.2 Å². The van der Waals surface area contributed by atoms with Crippen LogP contribution in [0.3, 0.4) is 0 Å². The van der Waals surface area contributed by atoms with Crippen molar-refractivity contribution in [2.24, 2.45) is 13.0 Å². The van der Waals surface area contributed by atoms with E-state index in [2.05, 4.69) is 10.1 Å². The Labute approximate surface area is 169 Å². The molecular weight excluding hydrogens is 366 g/mol. The minimum Gasteiger partial charge on any atom is -0.337 e. The number of carbonyl (C=O) groups excluding carboxylic acids is 1. The first-order valence-electron chi connectivity index (χ1n) is 10.4. The molecule has 2 aromatic heterocycles. The number of likely N-dealkylation sites (tertiary alicyclic amines) is 1. The van der Waals surface area contributed by atoms with Gasteiger partial charge in [-0.15, -0.1) is 0 Å². The van der Waals surface area contributed by atoms with E-state index >= 15 is 0 Å². The van der Waals surface area contributed by atoms with Crippen molar-refractivity contribution in [2.45, 2.75) is 38.1 Å². The topological polar surface area (TPSA) is 73.0 Å². The smallest absolute Gasteiger partial charge is 0.275 e. The second kappa shape index (κ2) is 7.13. The van der Waals surface area contributed by atoms with Crippen LogP contribution in [0.1, 0.15) is 47.8 Å². The molecule has 3 aromatic rings. The third kappa shape index (κ3) is 3.45. The monoisotopic (exact) mass is 391 g/mol. The summed E-state index contributed by atoms with van der Waals surface area (Å²) in [5.41, 5.74) is 2.47. The molecule has 150 valence electrons. The zero-order valence-corrected chi connectivity index (χ0v) is 16.6. The highest BCUT2D eigenvalue weighted by Crippen LogP contribution is 2.38. The quantitative estimate of drug-likeness (QED) is 0.685. The molecule has 0 N–H and O–H groups in total. The number of carbonyl (C=O) groups is 1. The molecule has 1 aromatic carbocycles. The summed E-state index contributed by atoms with van der Waals surface area (Å²) in [7, 11) is 1.87. The highest BCUT2D eigenvalue weighted by Gasteiger charge is 2.28. The van der Waals surface area contributed by atoms with Crippen molar-refractivity contribution >= 4 is 16.8 Å². The van der Waals surface area contributed by atoms with Gasteiger partial charge in [-0.2, -0.15) is 5.10 Å². The Morgan fingerprint density at radius 1 is 1.14 bits per heavy atom. The lowest BCUT2D eigenvalue weighted by molar-refractivity contribution is 0.0677. The minimum atomic E-state index is -0.00660. The average molecular weight is 391 g/mol.